The molecule has 1 aliphatic carbocycles. The zero-order valence-corrected chi connectivity index (χ0v) is 10.0. The number of hydrogen-bond donors (Lipinski definition) is 0. The first-order chi connectivity index (χ1) is 8.45. The summed E-state index contributed by atoms with van der Waals surface area (Å²) in [6.45, 7) is 0. The monoisotopic (exact) mass is 221 g/mol. The molecule has 1 aliphatic rings. The topological polar surface area (TPSA) is 0 Å². The van der Waals surface area contributed by atoms with E-state index in [2.05, 4.69) is 48.5 Å². The summed E-state index contributed by atoms with van der Waals surface area (Å²) in [4.78, 5) is 0. The predicted molar refractivity (Wildman–Crippen MR) is 71.9 cm³/mol. The fourth-order valence-electron chi connectivity index (χ4n) is 2.88. The fourth-order valence-corrected chi connectivity index (χ4v) is 2.88. The molecule has 0 aromatic heterocycles. The van der Waals surface area contributed by atoms with Gasteiger partial charge in [-0.15, -0.1) is 0 Å². The van der Waals surface area contributed by atoms with E-state index < -0.39 is 0 Å². The van der Waals surface area contributed by atoms with Crippen LogP contribution in [0.2, 0.25) is 0 Å². The molecule has 0 amide bonds. The molecule has 0 N–H and O–H groups in total. The summed E-state index contributed by atoms with van der Waals surface area (Å²) in [5.74, 6) is 0.752. The molecule has 0 unspecified atom stereocenters. The van der Waals surface area contributed by atoms with E-state index in [1.807, 2.05) is 6.07 Å². The molecule has 0 heterocycles. The number of benzene rings is 2. The van der Waals surface area contributed by atoms with Crippen LogP contribution in [-0.4, -0.2) is 0 Å². The van der Waals surface area contributed by atoms with Crippen molar-refractivity contribution in [3.8, 4) is 11.1 Å². The van der Waals surface area contributed by atoms with E-state index in [-0.39, 0.29) is 0 Å². The van der Waals surface area contributed by atoms with Gasteiger partial charge in [0, 0.05) is 0 Å². The Hall–Kier alpha value is -1.56. The summed E-state index contributed by atoms with van der Waals surface area (Å²) in [5, 5.41) is 0. The van der Waals surface area contributed by atoms with Crippen molar-refractivity contribution in [1.82, 2.24) is 0 Å². The summed E-state index contributed by atoms with van der Waals surface area (Å²) in [5.41, 5.74) is 4.10. The first kappa shape index (κ1) is 10.6. The van der Waals surface area contributed by atoms with Crippen molar-refractivity contribution in [3.05, 3.63) is 60.2 Å². The largest absolute Gasteiger partial charge is 0.0622 e. The lowest BCUT2D eigenvalue weighted by Crippen LogP contribution is -1.95. The van der Waals surface area contributed by atoms with E-state index in [0.717, 1.165) is 5.92 Å². The maximum atomic E-state index is 3.43. The quantitative estimate of drug-likeness (QED) is 0.682. The predicted octanol–water partition coefficient (Wildman–Crippen LogP) is 4.81. The first-order valence-corrected chi connectivity index (χ1v) is 6.51. The minimum Gasteiger partial charge on any atom is -0.0622 e. The molecule has 0 nitrogen and oxygen atoms in total. The van der Waals surface area contributed by atoms with Crippen molar-refractivity contribution in [2.24, 2.45) is 0 Å². The van der Waals surface area contributed by atoms with Gasteiger partial charge in [0.25, 0.3) is 0 Å². The summed E-state index contributed by atoms with van der Waals surface area (Å²) in [6, 6.07) is 20.5. The second-order valence-electron chi connectivity index (χ2n) is 4.85. The third-order valence-corrected chi connectivity index (χ3v) is 3.75. The molecule has 0 aliphatic heterocycles. The Morgan fingerprint density at radius 2 is 1.65 bits per heavy atom. The highest BCUT2D eigenvalue weighted by molar-refractivity contribution is 5.67. The highest BCUT2D eigenvalue weighted by atomic mass is 14.2. The van der Waals surface area contributed by atoms with Gasteiger partial charge in [-0.1, -0.05) is 61.4 Å². The van der Waals surface area contributed by atoms with Crippen molar-refractivity contribution < 1.29 is 0 Å². The zero-order chi connectivity index (χ0) is 11.5. The van der Waals surface area contributed by atoms with Crippen LogP contribution in [0.5, 0.6) is 0 Å². The van der Waals surface area contributed by atoms with Crippen LogP contribution in [0.1, 0.15) is 37.2 Å². The minimum atomic E-state index is 0.752. The van der Waals surface area contributed by atoms with Crippen LogP contribution in [-0.2, 0) is 0 Å². The van der Waals surface area contributed by atoms with Gasteiger partial charge in [0.15, 0.2) is 0 Å². The Labute approximate surface area is 103 Å². The molecule has 0 bridgehead atoms. The van der Waals surface area contributed by atoms with Crippen LogP contribution in [0, 0.1) is 6.07 Å². The van der Waals surface area contributed by atoms with Crippen molar-refractivity contribution in [2.75, 3.05) is 0 Å². The van der Waals surface area contributed by atoms with E-state index in [9.17, 15) is 0 Å². The van der Waals surface area contributed by atoms with E-state index >= 15 is 0 Å². The van der Waals surface area contributed by atoms with E-state index in [0.29, 0.717) is 0 Å². The molecule has 1 saturated carbocycles. The van der Waals surface area contributed by atoms with Gasteiger partial charge in [0.2, 0.25) is 0 Å². The molecule has 0 atom stereocenters. The Balaban J connectivity index is 2.04. The van der Waals surface area contributed by atoms with Crippen LogP contribution < -0.4 is 0 Å². The summed E-state index contributed by atoms with van der Waals surface area (Å²) >= 11 is 0. The van der Waals surface area contributed by atoms with Gasteiger partial charge in [0.05, 0.1) is 0 Å². The van der Waals surface area contributed by atoms with Gasteiger partial charge >= 0.3 is 0 Å². The average molecular weight is 221 g/mol. The van der Waals surface area contributed by atoms with Crippen LogP contribution in [0.25, 0.3) is 11.1 Å². The Morgan fingerprint density at radius 3 is 2.41 bits per heavy atom. The first-order valence-electron chi connectivity index (χ1n) is 6.51. The second kappa shape index (κ2) is 4.75. The van der Waals surface area contributed by atoms with Crippen LogP contribution in [0.3, 0.4) is 0 Å². The van der Waals surface area contributed by atoms with Gasteiger partial charge in [0.1, 0.15) is 0 Å². The molecule has 2 aromatic rings. The molecule has 0 saturated heterocycles. The highest BCUT2D eigenvalue weighted by Crippen LogP contribution is 2.38. The molecule has 3 rings (SSSR count). The number of rotatable bonds is 2. The summed E-state index contributed by atoms with van der Waals surface area (Å²) in [7, 11) is 0. The summed E-state index contributed by atoms with van der Waals surface area (Å²) in [6.07, 6.45) is 5.46. The Bertz CT molecular complexity index is 478. The van der Waals surface area contributed by atoms with Gasteiger partial charge in [-0.3, -0.25) is 0 Å². The highest BCUT2D eigenvalue weighted by Gasteiger charge is 2.19. The molecular weight excluding hydrogens is 204 g/mol. The molecule has 1 radical (unpaired) electrons. The second-order valence-corrected chi connectivity index (χ2v) is 4.85. The van der Waals surface area contributed by atoms with Crippen molar-refractivity contribution in [3.63, 3.8) is 0 Å². The van der Waals surface area contributed by atoms with Crippen molar-refractivity contribution in [1.29, 1.82) is 0 Å². The average Bonchev–Trinajstić information content (AvgIpc) is 2.94. The van der Waals surface area contributed by atoms with Crippen molar-refractivity contribution >= 4 is 0 Å². The standard InChI is InChI=1S/C17H17/c1-2-8-14(9-3-1)16-12-6-7-13-17(16)15-10-4-5-11-15/h1-3,6-9,13,15H,4-5,10-11H2. The Kier molecular flexibility index (Phi) is 2.96. The lowest BCUT2D eigenvalue weighted by molar-refractivity contribution is 0.725. The molecule has 1 fully saturated rings. The molecule has 17 heavy (non-hydrogen) atoms. The van der Waals surface area contributed by atoms with Crippen molar-refractivity contribution in [2.45, 2.75) is 31.6 Å². The van der Waals surface area contributed by atoms with E-state index in [1.165, 1.54) is 42.4 Å². The molecule has 2 aromatic carbocycles. The number of hydrogen-bond acceptors (Lipinski definition) is 0. The van der Waals surface area contributed by atoms with E-state index in [4.69, 9.17) is 0 Å². The van der Waals surface area contributed by atoms with Crippen LogP contribution in [0.4, 0.5) is 0 Å². The normalized spacial score (nSPS) is 16.2. The van der Waals surface area contributed by atoms with Gasteiger partial charge < -0.3 is 0 Å². The van der Waals surface area contributed by atoms with Gasteiger partial charge in [-0.25, -0.2) is 0 Å². The molecule has 0 spiro atoms. The zero-order valence-electron chi connectivity index (χ0n) is 10.0. The van der Waals surface area contributed by atoms with Gasteiger partial charge in [-0.05, 0) is 41.5 Å². The Morgan fingerprint density at radius 1 is 0.882 bits per heavy atom. The lowest BCUT2D eigenvalue weighted by atomic mass is 9.89. The van der Waals surface area contributed by atoms with Crippen LogP contribution in [0.15, 0.2) is 48.5 Å². The fraction of sp³-hybridized carbons (Fsp3) is 0.294. The SMILES string of the molecule is [c]1cccc(C2CCCC2)c1-c1ccccc1. The lowest BCUT2D eigenvalue weighted by Gasteiger charge is -2.15. The minimum absolute atomic E-state index is 0.752. The summed E-state index contributed by atoms with van der Waals surface area (Å²) < 4.78 is 0. The van der Waals surface area contributed by atoms with Crippen LogP contribution >= 0.6 is 0 Å². The molecule has 85 valence electrons. The third kappa shape index (κ3) is 2.12. The third-order valence-electron chi connectivity index (χ3n) is 3.75. The molecular formula is C17H17. The smallest absolute Gasteiger partial charge is 0.00703 e. The maximum Gasteiger partial charge on any atom is -0.00703 e. The van der Waals surface area contributed by atoms with E-state index in [1.54, 1.807) is 0 Å². The molecule has 0 heteroatoms. The van der Waals surface area contributed by atoms with Gasteiger partial charge in [-0.2, -0.15) is 0 Å². The maximum absolute atomic E-state index is 3.43.